The third kappa shape index (κ3) is 2.12. The average molecular weight is 273 g/mol. The Balaban J connectivity index is 2.40. The third-order valence-electron chi connectivity index (χ3n) is 2.31. The van der Waals surface area contributed by atoms with Gasteiger partial charge in [-0.3, -0.25) is 4.99 Å². The summed E-state index contributed by atoms with van der Waals surface area (Å²) in [6.45, 7) is 0. The normalized spacial score (nSPS) is 22.8. The van der Waals surface area contributed by atoms with Gasteiger partial charge < -0.3 is 0 Å². The summed E-state index contributed by atoms with van der Waals surface area (Å²) in [4.78, 5) is 4.42. The Morgan fingerprint density at radius 3 is 2.56 bits per heavy atom. The molecule has 0 saturated carbocycles. The Morgan fingerprint density at radius 2 is 1.88 bits per heavy atom. The minimum Gasteiger partial charge on any atom is -0.266 e. The number of rotatable bonds is 1. The molecule has 0 bridgehead atoms. The van der Waals surface area contributed by atoms with Crippen molar-refractivity contribution < 1.29 is 0 Å². The molecule has 1 aromatic rings. The van der Waals surface area contributed by atoms with Crippen molar-refractivity contribution in [1.82, 2.24) is 0 Å². The van der Waals surface area contributed by atoms with E-state index in [-0.39, 0.29) is 0 Å². The van der Waals surface area contributed by atoms with Gasteiger partial charge in [-0.25, -0.2) is 0 Å². The van der Waals surface area contributed by atoms with Crippen LogP contribution < -0.4 is 0 Å². The van der Waals surface area contributed by atoms with E-state index in [4.69, 9.17) is 5.26 Å². The minimum atomic E-state index is -0.523. The fraction of sp³-hybridized carbons (Fsp3) is 0.0769. The lowest BCUT2D eigenvalue weighted by atomic mass is 10.1. The van der Waals surface area contributed by atoms with Crippen molar-refractivity contribution in [1.29, 1.82) is 5.26 Å². The van der Waals surface area contributed by atoms with Crippen LogP contribution in [-0.4, -0.2) is 6.21 Å². The highest BCUT2D eigenvalue weighted by atomic mass is 79.9. The highest BCUT2D eigenvalue weighted by Crippen LogP contribution is 2.35. The second-order valence-electron chi connectivity index (χ2n) is 3.38. The van der Waals surface area contributed by atoms with Crippen LogP contribution in [0.1, 0.15) is 11.1 Å². The van der Waals surface area contributed by atoms with Gasteiger partial charge in [-0.15, -0.1) is 0 Å². The van der Waals surface area contributed by atoms with Crippen molar-refractivity contribution in [2.24, 2.45) is 4.99 Å². The molecule has 1 atom stereocenters. The zero-order chi connectivity index (χ0) is 11.4. The van der Waals surface area contributed by atoms with Crippen molar-refractivity contribution in [3.05, 3.63) is 59.7 Å². The van der Waals surface area contributed by atoms with Gasteiger partial charge >= 0.3 is 0 Å². The molecular weight excluding hydrogens is 264 g/mol. The summed E-state index contributed by atoms with van der Waals surface area (Å²) in [7, 11) is 0. The number of nitriles is 1. The molecule has 0 aliphatic carbocycles. The molecule has 78 valence electrons. The fourth-order valence-electron chi connectivity index (χ4n) is 1.44. The van der Waals surface area contributed by atoms with Gasteiger partial charge in [-0.05, 0) is 45.8 Å². The molecule has 1 unspecified atom stereocenters. The summed E-state index contributed by atoms with van der Waals surface area (Å²) in [5.41, 5.74) is 1.65. The van der Waals surface area contributed by atoms with Crippen molar-refractivity contribution >= 4 is 22.1 Å². The van der Waals surface area contributed by atoms with Gasteiger partial charge in [0.05, 0.1) is 11.6 Å². The van der Waals surface area contributed by atoms with Crippen LogP contribution in [-0.2, 0) is 4.45 Å². The van der Waals surface area contributed by atoms with Crippen LogP contribution in [0.25, 0.3) is 0 Å². The third-order valence-corrected chi connectivity index (χ3v) is 3.23. The summed E-state index contributed by atoms with van der Waals surface area (Å²) in [5, 5.41) is 8.73. The van der Waals surface area contributed by atoms with Crippen LogP contribution >= 0.6 is 15.9 Å². The lowest BCUT2D eigenvalue weighted by Crippen LogP contribution is -2.11. The van der Waals surface area contributed by atoms with Gasteiger partial charge in [0, 0.05) is 6.21 Å². The average Bonchev–Trinajstić information content (AvgIpc) is 2.55. The Hall–Kier alpha value is -1.66. The number of alkyl halides is 1. The SMILES string of the molecule is N#Cc1ccc(C2(Br)C=CC=CC=N2)cc1. The van der Waals surface area contributed by atoms with E-state index in [0.29, 0.717) is 5.56 Å². The highest BCUT2D eigenvalue weighted by Gasteiger charge is 2.24. The number of aliphatic imine (C=N–C) groups is 1. The van der Waals surface area contributed by atoms with Crippen LogP contribution in [0.4, 0.5) is 0 Å². The molecule has 1 aliphatic rings. The molecule has 0 N–H and O–H groups in total. The molecule has 0 amide bonds. The van der Waals surface area contributed by atoms with Crippen LogP contribution in [0, 0.1) is 11.3 Å². The molecule has 0 radical (unpaired) electrons. The standard InChI is InChI=1S/C13H9BrN2/c14-13(8-2-1-3-9-16-13)12-6-4-11(10-15)5-7-12/h1-9H. The maximum absolute atomic E-state index is 8.73. The Kier molecular flexibility index (Phi) is 3.02. The maximum Gasteiger partial charge on any atom is 0.158 e. The molecule has 0 spiro atoms. The smallest absolute Gasteiger partial charge is 0.158 e. The summed E-state index contributed by atoms with van der Waals surface area (Å²) >= 11 is 3.59. The van der Waals surface area contributed by atoms with Gasteiger partial charge in [-0.2, -0.15) is 5.26 Å². The zero-order valence-corrected chi connectivity index (χ0v) is 10.1. The summed E-state index contributed by atoms with van der Waals surface area (Å²) in [5.74, 6) is 0. The molecule has 0 saturated heterocycles. The topological polar surface area (TPSA) is 36.1 Å². The van der Waals surface area contributed by atoms with Crippen molar-refractivity contribution in [3.63, 3.8) is 0 Å². The predicted molar refractivity (Wildman–Crippen MR) is 68.5 cm³/mol. The van der Waals surface area contributed by atoms with E-state index in [1.165, 1.54) is 0 Å². The van der Waals surface area contributed by atoms with E-state index in [2.05, 4.69) is 27.0 Å². The van der Waals surface area contributed by atoms with E-state index in [1.807, 2.05) is 36.4 Å². The van der Waals surface area contributed by atoms with Gasteiger partial charge in [0.15, 0.2) is 4.45 Å². The number of hydrogen-bond donors (Lipinski definition) is 0. The lowest BCUT2D eigenvalue weighted by molar-refractivity contribution is 0.858. The maximum atomic E-state index is 8.73. The summed E-state index contributed by atoms with van der Waals surface area (Å²) in [6, 6.07) is 9.49. The molecule has 1 aromatic carbocycles. The monoisotopic (exact) mass is 272 g/mol. The van der Waals surface area contributed by atoms with Crippen LogP contribution in [0.15, 0.2) is 53.6 Å². The van der Waals surface area contributed by atoms with E-state index in [0.717, 1.165) is 5.56 Å². The number of hydrogen-bond acceptors (Lipinski definition) is 2. The number of allylic oxidation sites excluding steroid dienone is 3. The van der Waals surface area contributed by atoms with E-state index in [1.54, 1.807) is 18.3 Å². The van der Waals surface area contributed by atoms with Gasteiger partial charge in [0.25, 0.3) is 0 Å². The molecule has 2 rings (SSSR count). The molecule has 1 aliphatic heterocycles. The minimum absolute atomic E-state index is 0.523. The van der Waals surface area contributed by atoms with Crippen molar-refractivity contribution in [2.75, 3.05) is 0 Å². The summed E-state index contributed by atoms with van der Waals surface area (Å²) < 4.78 is -0.523. The first-order chi connectivity index (χ1) is 7.74. The predicted octanol–water partition coefficient (Wildman–Crippen LogP) is 3.30. The quantitative estimate of drug-likeness (QED) is 0.571. The molecular formula is C13H9BrN2. The van der Waals surface area contributed by atoms with Gasteiger partial charge in [0.1, 0.15) is 0 Å². The highest BCUT2D eigenvalue weighted by molar-refractivity contribution is 9.09. The molecule has 3 heteroatoms. The van der Waals surface area contributed by atoms with Crippen molar-refractivity contribution in [3.8, 4) is 6.07 Å². The Labute approximate surface area is 103 Å². The van der Waals surface area contributed by atoms with Crippen LogP contribution in [0.2, 0.25) is 0 Å². The largest absolute Gasteiger partial charge is 0.266 e. The zero-order valence-electron chi connectivity index (χ0n) is 8.47. The fourth-order valence-corrected chi connectivity index (χ4v) is 1.98. The first kappa shape index (κ1) is 10.8. The van der Waals surface area contributed by atoms with E-state index < -0.39 is 4.45 Å². The molecule has 0 fully saturated rings. The molecule has 0 aromatic heterocycles. The Morgan fingerprint density at radius 1 is 1.12 bits per heavy atom. The van der Waals surface area contributed by atoms with Crippen LogP contribution in [0.3, 0.4) is 0 Å². The number of halogens is 1. The summed E-state index contributed by atoms with van der Waals surface area (Å²) in [6.07, 6.45) is 9.47. The first-order valence-corrected chi connectivity index (χ1v) is 5.63. The lowest BCUT2D eigenvalue weighted by Gasteiger charge is -2.18. The van der Waals surface area contributed by atoms with E-state index in [9.17, 15) is 0 Å². The second kappa shape index (κ2) is 4.46. The molecule has 16 heavy (non-hydrogen) atoms. The van der Waals surface area contributed by atoms with Gasteiger partial charge in [0.2, 0.25) is 0 Å². The van der Waals surface area contributed by atoms with Crippen LogP contribution in [0.5, 0.6) is 0 Å². The van der Waals surface area contributed by atoms with Gasteiger partial charge in [-0.1, -0.05) is 24.3 Å². The Bertz CT molecular complexity index is 488. The van der Waals surface area contributed by atoms with Crippen molar-refractivity contribution in [2.45, 2.75) is 4.45 Å². The molecule has 1 heterocycles. The number of benzene rings is 1. The first-order valence-electron chi connectivity index (χ1n) is 4.84. The second-order valence-corrected chi connectivity index (χ2v) is 4.59. The molecule has 2 nitrogen and oxygen atoms in total. The number of nitrogens with zero attached hydrogens (tertiary/aromatic N) is 2. The van der Waals surface area contributed by atoms with E-state index >= 15 is 0 Å².